The van der Waals surface area contributed by atoms with Crippen LogP contribution in [-0.2, 0) is 0 Å². The van der Waals surface area contributed by atoms with Crippen LogP contribution < -0.4 is 10.1 Å². The third kappa shape index (κ3) is 5.21. The van der Waals surface area contributed by atoms with Gasteiger partial charge in [0.15, 0.2) is 0 Å². The number of hydrogen-bond donors (Lipinski definition) is 1. The smallest absolute Gasteiger partial charge is 0.271 e. The molecule has 0 unspecified atom stereocenters. The molecule has 0 saturated carbocycles. The zero-order valence-corrected chi connectivity index (χ0v) is 13.8. The fraction of sp³-hybridized carbons (Fsp3) is 0.200. The predicted molar refractivity (Wildman–Crippen MR) is 86.6 cm³/mol. The van der Waals surface area contributed by atoms with Gasteiger partial charge in [-0.2, -0.15) is 0 Å². The number of nitrogens with zero attached hydrogens (tertiary/aromatic N) is 1. The summed E-state index contributed by atoms with van der Waals surface area (Å²) >= 11 is 4.81. The van der Waals surface area contributed by atoms with E-state index in [-0.39, 0.29) is 19.1 Å². The lowest BCUT2D eigenvalue weighted by atomic mass is 10.3. The summed E-state index contributed by atoms with van der Waals surface area (Å²) in [5.41, 5.74) is 0.435. The second-order valence-corrected chi connectivity index (χ2v) is 6.01. The Labute approximate surface area is 135 Å². The standard InChI is InChI=1S/C15H13BrN2O2S/c1-11-18-14(10-21-11)15(19)17-7-2-3-8-20-13-6-4-5-12(16)9-13/h4-6,9-10H,7-8H2,1H3,(H,17,19). The molecule has 0 spiro atoms. The Morgan fingerprint density at radius 2 is 2.33 bits per heavy atom. The Kier molecular flexibility index (Phi) is 5.78. The summed E-state index contributed by atoms with van der Waals surface area (Å²) in [6.45, 7) is 2.42. The molecule has 1 N–H and O–H groups in total. The van der Waals surface area contributed by atoms with Crippen molar-refractivity contribution in [1.29, 1.82) is 0 Å². The maximum atomic E-state index is 11.7. The molecule has 1 aromatic heterocycles. The van der Waals surface area contributed by atoms with Gasteiger partial charge in [0.1, 0.15) is 18.1 Å². The highest BCUT2D eigenvalue weighted by atomic mass is 79.9. The van der Waals surface area contributed by atoms with Crippen molar-refractivity contribution >= 4 is 33.2 Å². The van der Waals surface area contributed by atoms with Crippen molar-refractivity contribution in [2.75, 3.05) is 13.2 Å². The molecule has 1 heterocycles. The van der Waals surface area contributed by atoms with Crippen LogP contribution in [0, 0.1) is 18.8 Å². The van der Waals surface area contributed by atoms with Crippen LogP contribution in [0.4, 0.5) is 0 Å². The van der Waals surface area contributed by atoms with Gasteiger partial charge >= 0.3 is 0 Å². The molecule has 0 aliphatic carbocycles. The van der Waals surface area contributed by atoms with Gasteiger partial charge in [-0.1, -0.05) is 33.8 Å². The van der Waals surface area contributed by atoms with E-state index in [0.717, 1.165) is 15.2 Å². The minimum atomic E-state index is -0.207. The highest BCUT2D eigenvalue weighted by Crippen LogP contribution is 2.17. The Bertz CT molecular complexity index is 688. The number of ether oxygens (including phenoxy) is 1. The van der Waals surface area contributed by atoms with Crippen molar-refractivity contribution in [1.82, 2.24) is 10.3 Å². The summed E-state index contributed by atoms with van der Waals surface area (Å²) < 4.78 is 6.41. The number of thiazole rings is 1. The molecule has 0 aliphatic heterocycles. The van der Waals surface area contributed by atoms with E-state index < -0.39 is 0 Å². The molecule has 2 aromatic rings. The lowest BCUT2D eigenvalue weighted by Crippen LogP contribution is -2.23. The largest absolute Gasteiger partial charge is 0.481 e. The molecule has 108 valence electrons. The Morgan fingerprint density at radius 1 is 1.48 bits per heavy atom. The van der Waals surface area contributed by atoms with E-state index in [2.05, 4.69) is 38.1 Å². The Balaban J connectivity index is 1.71. The van der Waals surface area contributed by atoms with E-state index in [0.29, 0.717) is 5.69 Å². The fourth-order valence-electron chi connectivity index (χ4n) is 1.47. The Morgan fingerprint density at radius 3 is 3.05 bits per heavy atom. The average molecular weight is 365 g/mol. The number of aromatic nitrogens is 1. The molecule has 0 saturated heterocycles. The van der Waals surface area contributed by atoms with Crippen molar-refractivity contribution in [2.24, 2.45) is 0 Å². The number of hydrogen-bond acceptors (Lipinski definition) is 4. The molecule has 21 heavy (non-hydrogen) atoms. The second-order valence-electron chi connectivity index (χ2n) is 4.03. The van der Waals surface area contributed by atoms with E-state index in [4.69, 9.17) is 4.74 Å². The van der Waals surface area contributed by atoms with Crippen LogP contribution in [0.3, 0.4) is 0 Å². The number of nitrogens with one attached hydrogen (secondary N) is 1. The molecule has 1 aromatic carbocycles. The van der Waals surface area contributed by atoms with Gasteiger partial charge in [0.2, 0.25) is 0 Å². The zero-order valence-electron chi connectivity index (χ0n) is 11.4. The number of carbonyl (C=O) groups is 1. The molecular weight excluding hydrogens is 352 g/mol. The topological polar surface area (TPSA) is 51.2 Å². The van der Waals surface area contributed by atoms with Crippen LogP contribution in [0.25, 0.3) is 0 Å². The zero-order chi connectivity index (χ0) is 15.1. The van der Waals surface area contributed by atoms with E-state index in [1.807, 2.05) is 31.2 Å². The normalized spacial score (nSPS) is 9.62. The van der Waals surface area contributed by atoms with Gasteiger partial charge in [-0.05, 0) is 25.1 Å². The lowest BCUT2D eigenvalue weighted by molar-refractivity contribution is 0.0954. The fourth-order valence-corrected chi connectivity index (χ4v) is 2.44. The first-order valence-electron chi connectivity index (χ1n) is 6.19. The van der Waals surface area contributed by atoms with Crippen molar-refractivity contribution in [3.05, 3.63) is 44.8 Å². The predicted octanol–water partition coefficient (Wildman–Crippen LogP) is 3.03. The first kappa shape index (κ1) is 15.5. The minimum Gasteiger partial charge on any atom is -0.481 e. The maximum Gasteiger partial charge on any atom is 0.271 e. The summed E-state index contributed by atoms with van der Waals surface area (Å²) in [6.07, 6.45) is 0. The summed E-state index contributed by atoms with van der Waals surface area (Å²) in [6, 6.07) is 7.55. The number of rotatable bonds is 4. The van der Waals surface area contributed by atoms with Gasteiger partial charge in [-0.3, -0.25) is 4.79 Å². The summed E-state index contributed by atoms with van der Waals surface area (Å²) in [5.74, 6) is 6.22. The molecule has 6 heteroatoms. The van der Waals surface area contributed by atoms with Crippen LogP contribution in [0.2, 0.25) is 0 Å². The summed E-state index contributed by atoms with van der Waals surface area (Å²) in [7, 11) is 0. The molecule has 0 bridgehead atoms. The van der Waals surface area contributed by atoms with Crippen LogP contribution in [0.1, 0.15) is 15.5 Å². The van der Waals surface area contributed by atoms with E-state index in [1.54, 1.807) is 5.38 Å². The minimum absolute atomic E-state index is 0.207. The van der Waals surface area contributed by atoms with Gasteiger partial charge in [-0.15, -0.1) is 11.3 Å². The quantitative estimate of drug-likeness (QED) is 0.848. The van der Waals surface area contributed by atoms with Crippen LogP contribution in [0.15, 0.2) is 34.1 Å². The first-order valence-corrected chi connectivity index (χ1v) is 7.87. The number of aryl methyl sites for hydroxylation is 1. The lowest BCUT2D eigenvalue weighted by Gasteiger charge is -2.01. The highest BCUT2D eigenvalue weighted by molar-refractivity contribution is 9.10. The SMILES string of the molecule is Cc1nc(C(=O)NCC#CCOc2cccc(Br)c2)cs1. The van der Waals surface area contributed by atoms with Crippen molar-refractivity contribution in [3.8, 4) is 17.6 Å². The van der Waals surface area contributed by atoms with Crippen LogP contribution in [-0.4, -0.2) is 24.0 Å². The number of amides is 1. The van der Waals surface area contributed by atoms with E-state index in [9.17, 15) is 4.79 Å². The van der Waals surface area contributed by atoms with Gasteiger partial charge in [0.25, 0.3) is 5.91 Å². The first-order chi connectivity index (χ1) is 10.1. The monoisotopic (exact) mass is 364 g/mol. The molecule has 4 nitrogen and oxygen atoms in total. The number of carbonyl (C=O) groups excluding carboxylic acids is 1. The average Bonchev–Trinajstić information content (AvgIpc) is 2.89. The van der Waals surface area contributed by atoms with Crippen LogP contribution in [0.5, 0.6) is 5.75 Å². The summed E-state index contributed by atoms with van der Waals surface area (Å²) in [5, 5.41) is 5.29. The van der Waals surface area contributed by atoms with E-state index >= 15 is 0 Å². The Hall–Kier alpha value is -1.84. The van der Waals surface area contributed by atoms with Gasteiger partial charge in [0, 0.05) is 9.85 Å². The molecule has 1 amide bonds. The molecule has 0 atom stereocenters. The third-order valence-corrected chi connectivity index (χ3v) is 3.69. The second kappa shape index (κ2) is 7.81. The molecule has 2 rings (SSSR count). The highest BCUT2D eigenvalue weighted by Gasteiger charge is 2.06. The van der Waals surface area contributed by atoms with Crippen molar-refractivity contribution < 1.29 is 9.53 Å². The molecular formula is C15H13BrN2O2S. The van der Waals surface area contributed by atoms with E-state index in [1.165, 1.54) is 11.3 Å². The molecule has 0 radical (unpaired) electrons. The molecule has 0 fully saturated rings. The van der Waals surface area contributed by atoms with Gasteiger partial charge in [-0.25, -0.2) is 4.98 Å². The number of halogens is 1. The summed E-state index contributed by atoms with van der Waals surface area (Å²) in [4.78, 5) is 15.8. The van der Waals surface area contributed by atoms with Crippen LogP contribution >= 0.6 is 27.3 Å². The van der Waals surface area contributed by atoms with Gasteiger partial charge in [0.05, 0.1) is 11.6 Å². The van der Waals surface area contributed by atoms with Crippen molar-refractivity contribution in [2.45, 2.75) is 6.92 Å². The maximum absolute atomic E-state index is 11.7. The van der Waals surface area contributed by atoms with Gasteiger partial charge < -0.3 is 10.1 Å². The van der Waals surface area contributed by atoms with Crippen molar-refractivity contribution in [3.63, 3.8) is 0 Å². The number of benzene rings is 1. The third-order valence-electron chi connectivity index (χ3n) is 2.42. The molecule has 0 aliphatic rings.